The molecule has 37 heavy (non-hydrogen) atoms. The number of aryl methyl sites for hydroxylation is 1. The summed E-state index contributed by atoms with van der Waals surface area (Å²) in [6.07, 6.45) is 3.60. The second-order valence-corrected chi connectivity index (χ2v) is 8.92. The lowest BCUT2D eigenvalue weighted by atomic mass is 10.1. The molecule has 7 heteroatoms. The Balaban J connectivity index is 1.37. The highest BCUT2D eigenvalue weighted by molar-refractivity contribution is 6.06. The number of ether oxygens (including phenoxy) is 2. The van der Waals surface area contributed by atoms with Gasteiger partial charge in [-0.25, -0.2) is 0 Å². The molecule has 0 saturated carbocycles. The molecule has 2 amide bonds. The van der Waals surface area contributed by atoms with Crippen LogP contribution in [0, 0.1) is 6.92 Å². The molecule has 1 aliphatic rings. The number of pyridine rings is 1. The number of hydrogen-bond donors (Lipinski definition) is 1. The van der Waals surface area contributed by atoms with Crippen LogP contribution in [0.5, 0.6) is 11.5 Å². The van der Waals surface area contributed by atoms with Crippen molar-refractivity contribution >= 4 is 17.5 Å². The fraction of sp³-hybridized carbons (Fsp3) is 0.167. The van der Waals surface area contributed by atoms with Crippen molar-refractivity contribution in [2.24, 2.45) is 0 Å². The van der Waals surface area contributed by atoms with Crippen molar-refractivity contribution in [2.75, 3.05) is 11.7 Å². The molecular weight excluding hydrogens is 466 g/mol. The monoisotopic (exact) mass is 493 g/mol. The van der Waals surface area contributed by atoms with Crippen LogP contribution in [-0.2, 0) is 24.3 Å². The van der Waals surface area contributed by atoms with Crippen LogP contribution in [0.1, 0.15) is 32.6 Å². The second kappa shape index (κ2) is 11.0. The number of aromatic nitrogens is 1. The van der Waals surface area contributed by atoms with Gasteiger partial charge in [0, 0.05) is 30.2 Å². The molecule has 0 atom stereocenters. The second-order valence-electron chi connectivity index (χ2n) is 8.92. The smallest absolute Gasteiger partial charge is 0.258 e. The van der Waals surface area contributed by atoms with E-state index in [0.29, 0.717) is 35.8 Å². The SMILES string of the molecule is Cc1ccc(CN(C(=O)c2ccc3c(c2)OCO3)c2cccc(CC(=O)NCc3ccncc3)c2)cc1. The zero-order valence-corrected chi connectivity index (χ0v) is 20.5. The zero-order chi connectivity index (χ0) is 25.6. The first-order valence-corrected chi connectivity index (χ1v) is 12.1. The Morgan fingerprint density at radius 2 is 1.65 bits per heavy atom. The first-order valence-electron chi connectivity index (χ1n) is 12.1. The van der Waals surface area contributed by atoms with Gasteiger partial charge in [-0.15, -0.1) is 0 Å². The number of nitrogens with zero attached hydrogens (tertiary/aromatic N) is 2. The lowest BCUT2D eigenvalue weighted by Crippen LogP contribution is -2.30. The third-order valence-electron chi connectivity index (χ3n) is 6.15. The Labute approximate surface area is 215 Å². The molecule has 5 rings (SSSR count). The average Bonchev–Trinajstić information content (AvgIpc) is 3.40. The number of hydrogen-bond acceptors (Lipinski definition) is 5. The summed E-state index contributed by atoms with van der Waals surface area (Å²) < 4.78 is 10.9. The summed E-state index contributed by atoms with van der Waals surface area (Å²) in [7, 11) is 0. The number of rotatable bonds is 8. The van der Waals surface area contributed by atoms with Crippen LogP contribution in [-0.4, -0.2) is 23.6 Å². The Morgan fingerprint density at radius 1 is 0.865 bits per heavy atom. The Kier molecular flexibility index (Phi) is 7.12. The summed E-state index contributed by atoms with van der Waals surface area (Å²) in [5.74, 6) is 0.918. The minimum Gasteiger partial charge on any atom is -0.454 e. The summed E-state index contributed by atoms with van der Waals surface area (Å²) in [6, 6.07) is 24.6. The molecule has 0 saturated heterocycles. The predicted octanol–water partition coefficient (Wildman–Crippen LogP) is 4.82. The molecular formula is C30H27N3O4. The van der Waals surface area contributed by atoms with Crippen molar-refractivity contribution in [3.8, 4) is 11.5 Å². The van der Waals surface area contributed by atoms with Gasteiger partial charge in [-0.1, -0.05) is 42.0 Å². The Morgan fingerprint density at radius 3 is 2.46 bits per heavy atom. The van der Waals surface area contributed by atoms with E-state index in [-0.39, 0.29) is 25.0 Å². The molecule has 0 unspecified atom stereocenters. The summed E-state index contributed by atoms with van der Waals surface area (Å²) in [5, 5.41) is 2.94. The van der Waals surface area contributed by atoms with Gasteiger partial charge < -0.3 is 19.7 Å². The quantitative estimate of drug-likeness (QED) is 0.381. The molecule has 0 bridgehead atoms. The van der Waals surface area contributed by atoms with E-state index in [1.807, 2.05) is 67.6 Å². The first-order chi connectivity index (χ1) is 18.0. The maximum absolute atomic E-state index is 13.8. The molecule has 2 heterocycles. The number of anilines is 1. The van der Waals surface area contributed by atoms with Crippen LogP contribution in [0.25, 0.3) is 0 Å². The van der Waals surface area contributed by atoms with Crippen molar-refractivity contribution in [1.29, 1.82) is 0 Å². The molecule has 1 aromatic heterocycles. The van der Waals surface area contributed by atoms with Crippen molar-refractivity contribution in [1.82, 2.24) is 10.3 Å². The molecule has 1 aliphatic heterocycles. The van der Waals surface area contributed by atoms with Crippen molar-refractivity contribution < 1.29 is 19.1 Å². The van der Waals surface area contributed by atoms with E-state index in [9.17, 15) is 9.59 Å². The van der Waals surface area contributed by atoms with E-state index >= 15 is 0 Å². The fourth-order valence-electron chi connectivity index (χ4n) is 4.13. The van der Waals surface area contributed by atoms with Gasteiger partial charge in [-0.2, -0.15) is 0 Å². The summed E-state index contributed by atoms with van der Waals surface area (Å²) in [6.45, 7) is 2.99. The summed E-state index contributed by atoms with van der Waals surface area (Å²) >= 11 is 0. The highest BCUT2D eigenvalue weighted by atomic mass is 16.7. The van der Waals surface area contributed by atoms with E-state index in [1.54, 1.807) is 35.5 Å². The molecule has 0 aliphatic carbocycles. The van der Waals surface area contributed by atoms with E-state index < -0.39 is 0 Å². The van der Waals surface area contributed by atoms with Gasteiger partial charge in [0.05, 0.1) is 13.0 Å². The van der Waals surface area contributed by atoms with Gasteiger partial charge in [0.2, 0.25) is 12.7 Å². The molecule has 186 valence electrons. The van der Waals surface area contributed by atoms with Crippen LogP contribution < -0.4 is 19.7 Å². The number of fused-ring (bicyclic) bond motifs is 1. The highest BCUT2D eigenvalue weighted by Crippen LogP contribution is 2.33. The third kappa shape index (κ3) is 5.95. The Hall–Kier alpha value is -4.65. The number of benzene rings is 3. The lowest BCUT2D eigenvalue weighted by molar-refractivity contribution is -0.120. The molecule has 7 nitrogen and oxygen atoms in total. The third-order valence-corrected chi connectivity index (χ3v) is 6.15. The first kappa shape index (κ1) is 24.1. The van der Waals surface area contributed by atoms with E-state index in [2.05, 4.69) is 10.3 Å². The van der Waals surface area contributed by atoms with Crippen molar-refractivity contribution in [3.05, 3.63) is 119 Å². The van der Waals surface area contributed by atoms with E-state index in [1.165, 1.54) is 0 Å². The van der Waals surface area contributed by atoms with Gasteiger partial charge >= 0.3 is 0 Å². The topological polar surface area (TPSA) is 80.8 Å². The molecule has 4 aromatic rings. The number of carbonyl (C=O) groups excluding carboxylic acids is 2. The van der Waals surface area contributed by atoms with Gasteiger partial charge in [-0.3, -0.25) is 14.6 Å². The number of carbonyl (C=O) groups is 2. The normalized spacial score (nSPS) is 11.7. The summed E-state index contributed by atoms with van der Waals surface area (Å²) in [4.78, 5) is 32.1. The average molecular weight is 494 g/mol. The minimum absolute atomic E-state index is 0.0962. The van der Waals surface area contributed by atoms with E-state index in [4.69, 9.17) is 9.47 Å². The number of amides is 2. The van der Waals surface area contributed by atoms with Crippen LogP contribution in [0.4, 0.5) is 5.69 Å². The standard InChI is InChI=1S/C30H27N3O4/c1-21-5-7-23(8-6-21)19-33(30(35)25-9-10-27-28(17-25)37-20-36-27)26-4-2-3-24(15-26)16-29(34)32-18-22-11-13-31-14-12-22/h2-15,17H,16,18-20H2,1H3,(H,32,34). The van der Waals surface area contributed by atoms with Crippen LogP contribution in [0.3, 0.4) is 0 Å². The zero-order valence-electron chi connectivity index (χ0n) is 20.5. The maximum atomic E-state index is 13.8. The fourth-order valence-corrected chi connectivity index (χ4v) is 4.13. The van der Waals surface area contributed by atoms with Gasteiger partial charge in [-0.05, 0) is 66.1 Å². The van der Waals surface area contributed by atoms with Crippen LogP contribution >= 0.6 is 0 Å². The molecule has 0 fully saturated rings. The highest BCUT2D eigenvalue weighted by Gasteiger charge is 2.22. The van der Waals surface area contributed by atoms with Crippen molar-refractivity contribution in [2.45, 2.75) is 26.4 Å². The van der Waals surface area contributed by atoms with E-state index in [0.717, 1.165) is 22.3 Å². The lowest BCUT2D eigenvalue weighted by Gasteiger charge is -2.24. The molecule has 3 aromatic carbocycles. The van der Waals surface area contributed by atoms with Crippen molar-refractivity contribution in [3.63, 3.8) is 0 Å². The molecule has 1 N–H and O–H groups in total. The minimum atomic E-state index is -0.168. The maximum Gasteiger partial charge on any atom is 0.258 e. The van der Waals surface area contributed by atoms with Gasteiger partial charge in [0.15, 0.2) is 11.5 Å². The Bertz CT molecular complexity index is 1400. The van der Waals surface area contributed by atoms with Crippen LogP contribution in [0.15, 0.2) is 91.3 Å². The summed E-state index contributed by atoms with van der Waals surface area (Å²) in [5.41, 5.74) is 5.16. The number of nitrogens with one attached hydrogen (secondary N) is 1. The largest absolute Gasteiger partial charge is 0.454 e. The van der Waals surface area contributed by atoms with Crippen LogP contribution in [0.2, 0.25) is 0 Å². The van der Waals surface area contributed by atoms with Gasteiger partial charge in [0.25, 0.3) is 5.91 Å². The van der Waals surface area contributed by atoms with Gasteiger partial charge in [0.1, 0.15) is 0 Å². The predicted molar refractivity (Wildman–Crippen MR) is 140 cm³/mol. The molecule has 0 radical (unpaired) electrons. The molecule has 0 spiro atoms.